The van der Waals surface area contributed by atoms with E-state index in [0.717, 1.165) is 6.42 Å². The molecule has 0 aliphatic carbocycles. The summed E-state index contributed by atoms with van der Waals surface area (Å²) in [6, 6.07) is 14.5. The molecular formula is C22H29N3O3. The summed E-state index contributed by atoms with van der Waals surface area (Å²) in [5.74, 6) is 0.404. The van der Waals surface area contributed by atoms with E-state index in [1.165, 1.54) is 0 Å². The first-order chi connectivity index (χ1) is 13.4. The number of nitrogens with one attached hydrogen (secondary N) is 3. The van der Waals surface area contributed by atoms with Crippen LogP contribution in [0.5, 0.6) is 5.75 Å². The van der Waals surface area contributed by atoms with Crippen LogP contribution in [0.15, 0.2) is 48.5 Å². The first kappa shape index (κ1) is 21.3. The second-order valence-corrected chi connectivity index (χ2v) is 6.96. The molecule has 1 unspecified atom stereocenters. The van der Waals surface area contributed by atoms with Gasteiger partial charge in [-0.1, -0.05) is 19.1 Å². The Morgan fingerprint density at radius 2 is 1.71 bits per heavy atom. The maximum atomic E-state index is 12.2. The van der Waals surface area contributed by atoms with E-state index in [-0.39, 0.29) is 30.5 Å². The molecule has 0 aliphatic heterocycles. The molecule has 1 atom stereocenters. The van der Waals surface area contributed by atoms with Gasteiger partial charge in [0.15, 0.2) is 0 Å². The highest BCUT2D eigenvalue weighted by Crippen LogP contribution is 2.18. The minimum atomic E-state index is -0.184. The van der Waals surface area contributed by atoms with Crippen molar-refractivity contribution in [3.05, 3.63) is 54.1 Å². The number of anilines is 2. The Hall–Kier alpha value is -3.02. The molecule has 0 bridgehead atoms. The number of hydrogen-bond donors (Lipinski definition) is 3. The third-order valence-electron chi connectivity index (χ3n) is 4.06. The smallest absolute Gasteiger partial charge is 0.251 e. The summed E-state index contributed by atoms with van der Waals surface area (Å²) >= 11 is 0. The van der Waals surface area contributed by atoms with Gasteiger partial charge < -0.3 is 20.7 Å². The van der Waals surface area contributed by atoms with E-state index >= 15 is 0 Å². The third-order valence-corrected chi connectivity index (χ3v) is 4.06. The third kappa shape index (κ3) is 6.95. The van der Waals surface area contributed by atoms with Crippen LogP contribution >= 0.6 is 0 Å². The van der Waals surface area contributed by atoms with Crippen LogP contribution in [0.3, 0.4) is 0 Å². The molecule has 3 N–H and O–H groups in total. The molecule has 2 aromatic rings. The van der Waals surface area contributed by atoms with Gasteiger partial charge in [-0.25, -0.2) is 0 Å². The molecule has 2 aromatic carbocycles. The van der Waals surface area contributed by atoms with Crippen LogP contribution in [0.2, 0.25) is 0 Å². The molecule has 0 fully saturated rings. The Balaban J connectivity index is 1.91. The molecular weight excluding hydrogens is 354 g/mol. The van der Waals surface area contributed by atoms with Crippen molar-refractivity contribution in [1.29, 1.82) is 0 Å². The molecule has 0 saturated carbocycles. The van der Waals surface area contributed by atoms with Crippen LogP contribution in [0.4, 0.5) is 11.4 Å². The molecule has 0 aliphatic rings. The van der Waals surface area contributed by atoms with Gasteiger partial charge in [-0.3, -0.25) is 9.59 Å². The summed E-state index contributed by atoms with van der Waals surface area (Å²) in [5.41, 5.74) is 1.94. The highest BCUT2D eigenvalue weighted by atomic mass is 16.5. The summed E-state index contributed by atoms with van der Waals surface area (Å²) in [7, 11) is 0. The lowest BCUT2D eigenvalue weighted by Crippen LogP contribution is -2.31. The Morgan fingerprint density at radius 3 is 2.43 bits per heavy atom. The molecule has 150 valence electrons. The van der Waals surface area contributed by atoms with Crippen molar-refractivity contribution < 1.29 is 14.3 Å². The number of ether oxygens (including phenoxy) is 1. The topological polar surface area (TPSA) is 79.5 Å². The first-order valence-corrected chi connectivity index (χ1v) is 9.58. The Bertz CT molecular complexity index is 805. The molecule has 28 heavy (non-hydrogen) atoms. The first-order valence-electron chi connectivity index (χ1n) is 9.58. The standard InChI is InChI=1S/C22H29N3O3/c1-5-16(4)24-22(27)17-8-6-9-18(12-17)23-14-21(26)25-19-10-7-11-20(13-19)28-15(2)3/h6-13,15-16,23H,5,14H2,1-4H3,(H,24,27)(H,25,26). The number of hydrogen-bond acceptors (Lipinski definition) is 4. The normalized spacial score (nSPS) is 11.6. The van der Waals surface area contributed by atoms with Crippen molar-refractivity contribution in [2.75, 3.05) is 17.2 Å². The van der Waals surface area contributed by atoms with Crippen molar-refractivity contribution in [2.45, 2.75) is 46.3 Å². The fourth-order valence-corrected chi connectivity index (χ4v) is 2.49. The molecule has 6 heteroatoms. The summed E-state index contributed by atoms with van der Waals surface area (Å²) in [5, 5.41) is 8.82. The minimum Gasteiger partial charge on any atom is -0.491 e. The predicted molar refractivity (Wildman–Crippen MR) is 113 cm³/mol. The van der Waals surface area contributed by atoms with E-state index in [2.05, 4.69) is 16.0 Å². The maximum absolute atomic E-state index is 12.2. The van der Waals surface area contributed by atoms with Gasteiger partial charge in [0.05, 0.1) is 12.6 Å². The van der Waals surface area contributed by atoms with E-state index in [4.69, 9.17) is 4.74 Å². The summed E-state index contributed by atoms with van der Waals surface area (Å²) < 4.78 is 5.63. The molecule has 0 radical (unpaired) electrons. The lowest BCUT2D eigenvalue weighted by Gasteiger charge is -2.13. The van der Waals surface area contributed by atoms with Gasteiger partial charge in [0, 0.05) is 29.0 Å². The van der Waals surface area contributed by atoms with E-state index in [9.17, 15) is 9.59 Å². The zero-order chi connectivity index (χ0) is 20.5. The highest BCUT2D eigenvalue weighted by Gasteiger charge is 2.10. The largest absolute Gasteiger partial charge is 0.491 e. The van der Waals surface area contributed by atoms with Crippen LogP contribution in [0.1, 0.15) is 44.5 Å². The second kappa shape index (κ2) is 10.3. The second-order valence-electron chi connectivity index (χ2n) is 6.96. The van der Waals surface area contributed by atoms with Gasteiger partial charge in [0.1, 0.15) is 5.75 Å². The lowest BCUT2D eigenvalue weighted by atomic mass is 10.1. The number of benzene rings is 2. The van der Waals surface area contributed by atoms with Crippen LogP contribution in [-0.2, 0) is 4.79 Å². The number of carbonyl (C=O) groups excluding carboxylic acids is 2. The molecule has 0 aromatic heterocycles. The molecule has 6 nitrogen and oxygen atoms in total. The SMILES string of the molecule is CCC(C)NC(=O)c1cccc(NCC(=O)Nc2cccc(OC(C)C)c2)c1. The summed E-state index contributed by atoms with van der Waals surface area (Å²) in [6.07, 6.45) is 0.935. The van der Waals surface area contributed by atoms with Crippen molar-refractivity contribution >= 4 is 23.2 Å². The zero-order valence-electron chi connectivity index (χ0n) is 16.9. The monoisotopic (exact) mass is 383 g/mol. The van der Waals surface area contributed by atoms with Gasteiger partial charge in [-0.2, -0.15) is 0 Å². The van der Waals surface area contributed by atoms with Gasteiger partial charge in [-0.05, 0) is 57.5 Å². The zero-order valence-corrected chi connectivity index (χ0v) is 16.9. The van der Waals surface area contributed by atoms with Gasteiger partial charge in [-0.15, -0.1) is 0 Å². The molecule has 2 amide bonds. The van der Waals surface area contributed by atoms with E-state index in [0.29, 0.717) is 22.7 Å². The van der Waals surface area contributed by atoms with E-state index in [1.54, 1.807) is 24.3 Å². The Labute approximate surface area is 166 Å². The van der Waals surface area contributed by atoms with Crippen LogP contribution in [-0.4, -0.2) is 30.5 Å². The highest BCUT2D eigenvalue weighted by molar-refractivity contribution is 5.96. The quantitative estimate of drug-likeness (QED) is 0.610. The Morgan fingerprint density at radius 1 is 1.00 bits per heavy atom. The Kier molecular flexibility index (Phi) is 7.87. The molecule has 0 saturated heterocycles. The van der Waals surface area contributed by atoms with Crippen molar-refractivity contribution in [3.63, 3.8) is 0 Å². The molecule has 0 heterocycles. The van der Waals surface area contributed by atoms with E-state index < -0.39 is 0 Å². The van der Waals surface area contributed by atoms with E-state index in [1.807, 2.05) is 52.0 Å². The average Bonchev–Trinajstić information content (AvgIpc) is 2.66. The summed E-state index contributed by atoms with van der Waals surface area (Å²) in [4.78, 5) is 24.5. The number of amides is 2. The lowest BCUT2D eigenvalue weighted by molar-refractivity contribution is -0.114. The molecule has 0 spiro atoms. The molecule has 2 rings (SSSR count). The fraction of sp³-hybridized carbons (Fsp3) is 0.364. The van der Waals surface area contributed by atoms with Gasteiger partial charge in [0.2, 0.25) is 5.91 Å². The number of rotatable bonds is 9. The fourth-order valence-electron chi connectivity index (χ4n) is 2.49. The van der Waals surface area contributed by atoms with Gasteiger partial charge >= 0.3 is 0 Å². The van der Waals surface area contributed by atoms with Crippen molar-refractivity contribution in [2.24, 2.45) is 0 Å². The van der Waals surface area contributed by atoms with Crippen molar-refractivity contribution in [1.82, 2.24) is 5.32 Å². The van der Waals surface area contributed by atoms with Crippen LogP contribution in [0.25, 0.3) is 0 Å². The predicted octanol–water partition coefficient (Wildman–Crippen LogP) is 4.05. The maximum Gasteiger partial charge on any atom is 0.251 e. The van der Waals surface area contributed by atoms with Crippen molar-refractivity contribution in [3.8, 4) is 5.75 Å². The van der Waals surface area contributed by atoms with Gasteiger partial charge in [0.25, 0.3) is 5.91 Å². The summed E-state index contributed by atoms with van der Waals surface area (Å²) in [6.45, 7) is 7.97. The minimum absolute atomic E-state index is 0.0670. The van der Waals surface area contributed by atoms with Crippen LogP contribution < -0.4 is 20.7 Å². The van der Waals surface area contributed by atoms with Crippen LogP contribution in [0, 0.1) is 0 Å². The average molecular weight is 383 g/mol. The number of carbonyl (C=O) groups is 2.